The van der Waals surface area contributed by atoms with Gasteiger partial charge in [0.15, 0.2) is 0 Å². The summed E-state index contributed by atoms with van der Waals surface area (Å²) in [5, 5.41) is 7.90. The zero-order valence-corrected chi connectivity index (χ0v) is 13.0. The van der Waals surface area contributed by atoms with Gasteiger partial charge in [-0.2, -0.15) is 0 Å². The van der Waals surface area contributed by atoms with Crippen LogP contribution in [-0.2, 0) is 12.8 Å². The molecule has 3 rings (SSSR count). The van der Waals surface area contributed by atoms with E-state index < -0.39 is 0 Å². The van der Waals surface area contributed by atoms with Crippen molar-refractivity contribution in [3.63, 3.8) is 0 Å². The molecule has 2 nitrogen and oxygen atoms in total. The summed E-state index contributed by atoms with van der Waals surface area (Å²) in [4.78, 5) is 0. The third-order valence-corrected chi connectivity index (χ3v) is 4.02. The van der Waals surface area contributed by atoms with Gasteiger partial charge in [-0.25, -0.2) is 0 Å². The summed E-state index contributed by atoms with van der Waals surface area (Å²) >= 11 is 0. The first-order valence-electron chi connectivity index (χ1n) is 7.77. The van der Waals surface area contributed by atoms with Crippen LogP contribution in [0.15, 0.2) is 78.9 Å². The van der Waals surface area contributed by atoms with E-state index in [1.165, 1.54) is 16.7 Å². The van der Waals surface area contributed by atoms with E-state index in [9.17, 15) is 0 Å². The van der Waals surface area contributed by atoms with E-state index in [4.69, 9.17) is 11.1 Å². The maximum Gasteiger partial charge on any atom is 0.123 e. The predicted molar refractivity (Wildman–Crippen MR) is 96.0 cm³/mol. The van der Waals surface area contributed by atoms with Gasteiger partial charge in [0.2, 0.25) is 0 Å². The lowest BCUT2D eigenvalue weighted by Crippen LogP contribution is -2.15. The highest BCUT2D eigenvalue weighted by Crippen LogP contribution is 2.22. The fourth-order valence-corrected chi connectivity index (χ4v) is 2.88. The van der Waals surface area contributed by atoms with Crippen molar-refractivity contribution in [2.45, 2.75) is 12.8 Å². The lowest BCUT2D eigenvalue weighted by Gasteiger charge is -2.15. The molecule has 0 atom stereocenters. The summed E-state index contributed by atoms with van der Waals surface area (Å²) in [7, 11) is 0. The smallest absolute Gasteiger partial charge is 0.123 e. The molecule has 0 aliphatic heterocycles. The summed E-state index contributed by atoms with van der Waals surface area (Å²) in [5.41, 5.74) is 11.5. The summed E-state index contributed by atoms with van der Waals surface area (Å²) in [6.07, 6.45) is 1.64. The molecule has 2 heteroatoms. The topological polar surface area (TPSA) is 49.9 Å². The highest BCUT2D eigenvalue weighted by atomic mass is 14.7. The van der Waals surface area contributed by atoms with Crippen molar-refractivity contribution in [3.8, 4) is 0 Å². The highest BCUT2D eigenvalue weighted by molar-refractivity contribution is 5.96. The maximum absolute atomic E-state index is 7.90. The van der Waals surface area contributed by atoms with Crippen molar-refractivity contribution in [2.24, 2.45) is 5.73 Å². The van der Waals surface area contributed by atoms with Crippen LogP contribution in [0.3, 0.4) is 0 Å². The Labute approximate surface area is 137 Å². The van der Waals surface area contributed by atoms with Crippen LogP contribution in [0.1, 0.15) is 27.8 Å². The Morgan fingerprint density at radius 3 is 1.83 bits per heavy atom. The molecule has 0 amide bonds. The van der Waals surface area contributed by atoms with Crippen LogP contribution in [-0.4, -0.2) is 5.84 Å². The average Bonchev–Trinajstić information content (AvgIpc) is 2.58. The molecular weight excluding hydrogens is 280 g/mol. The number of hydrogen-bond acceptors (Lipinski definition) is 1. The van der Waals surface area contributed by atoms with Gasteiger partial charge < -0.3 is 5.73 Å². The molecule has 0 aromatic heterocycles. The van der Waals surface area contributed by atoms with Crippen molar-refractivity contribution in [3.05, 3.63) is 107 Å². The fraction of sp³-hybridized carbons (Fsp3) is 0.0952. The average molecular weight is 300 g/mol. The Balaban J connectivity index is 2.01. The first-order valence-corrected chi connectivity index (χ1v) is 7.77. The molecule has 3 aromatic carbocycles. The molecule has 0 unspecified atom stereocenters. The number of amidine groups is 1. The van der Waals surface area contributed by atoms with E-state index in [1.54, 1.807) is 0 Å². The molecule has 0 saturated carbocycles. The molecule has 23 heavy (non-hydrogen) atoms. The zero-order chi connectivity index (χ0) is 16.1. The normalized spacial score (nSPS) is 10.4. The van der Waals surface area contributed by atoms with Crippen LogP contribution in [0.5, 0.6) is 0 Å². The maximum atomic E-state index is 7.90. The summed E-state index contributed by atoms with van der Waals surface area (Å²) in [6.45, 7) is 0. The molecule has 3 N–H and O–H groups in total. The monoisotopic (exact) mass is 300 g/mol. The number of hydrogen-bond donors (Lipinski definition) is 2. The number of nitrogens with one attached hydrogen (secondary N) is 1. The quantitative estimate of drug-likeness (QED) is 0.539. The van der Waals surface area contributed by atoms with Crippen molar-refractivity contribution in [2.75, 3.05) is 0 Å². The van der Waals surface area contributed by atoms with Crippen molar-refractivity contribution in [1.82, 2.24) is 0 Å². The molecule has 114 valence electrons. The molecule has 0 heterocycles. The van der Waals surface area contributed by atoms with Gasteiger partial charge in [-0.1, -0.05) is 78.9 Å². The van der Waals surface area contributed by atoms with Gasteiger partial charge in [0.05, 0.1) is 0 Å². The summed E-state index contributed by atoms with van der Waals surface area (Å²) < 4.78 is 0. The van der Waals surface area contributed by atoms with Gasteiger partial charge >= 0.3 is 0 Å². The van der Waals surface area contributed by atoms with E-state index >= 15 is 0 Å². The van der Waals surface area contributed by atoms with E-state index in [-0.39, 0.29) is 5.84 Å². The largest absolute Gasteiger partial charge is 0.384 e. The van der Waals surface area contributed by atoms with Crippen molar-refractivity contribution in [1.29, 1.82) is 5.41 Å². The second kappa shape index (κ2) is 6.93. The Morgan fingerprint density at radius 2 is 1.26 bits per heavy atom. The molecule has 0 bridgehead atoms. The molecule has 0 spiro atoms. The molecule has 0 fully saturated rings. The van der Waals surface area contributed by atoms with E-state index in [2.05, 4.69) is 42.5 Å². The lowest BCUT2D eigenvalue weighted by molar-refractivity contribution is 1.08. The number of benzene rings is 3. The number of rotatable bonds is 5. The third kappa shape index (κ3) is 3.67. The molecule has 0 radical (unpaired) electrons. The van der Waals surface area contributed by atoms with E-state index in [0.717, 1.165) is 24.0 Å². The molecule has 3 aromatic rings. The second-order valence-corrected chi connectivity index (χ2v) is 5.68. The minimum atomic E-state index is 0.130. The standard InChI is InChI=1S/C21H20N2/c22-21(23)19-13-7-12-18(14-16-8-3-1-4-9-16)20(19)15-17-10-5-2-6-11-17/h1-13H,14-15H2,(H3,22,23). The van der Waals surface area contributed by atoms with Crippen LogP contribution < -0.4 is 5.73 Å². The van der Waals surface area contributed by atoms with Crippen LogP contribution in [0.2, 0.25) is 0 Å². The van der Waals surface area contributed by atoms with Crippen LogP contribution in [0.4, 0.5) is 0 Å². The first kappa shape index (κ1) is 15.0. The van der Waals surface area contributed by atoms with Crippen molar-refractivity contribution < 1.29 is 0 Å². The minimum absolute atomic E-state index is 0.130. The van der Waals surface area contributed by atoms with Gasteiger partial charge in [0.1, 0.15) is 5.84 Å². The molecular formula is C21H20N2. The second-order valence-electron chi connectivity index (χ2n) is 5.68. The van der Waals surface area contributed by atoms with Gasteiger partial charge in [0, 0.05) is 5.56 Å². The molecule has 0 aliphatic carbocycles. The van der Waals surface area contributed by atoms with Gasteiger partial charge in [-0.3, -0.25) is 5.41 Å². The Morgan fingerprint density at radius 1 is 0.696 bits per heavy atom. The van der Waals surface area contributed by atoms with Crippen LogP contribution >= 0.6 is 0 Å². The Bertz CT molecular complexity index is 793. The molecule has 0 saturated heterocycles. The van der Waals surface area contributed by atoms with E-state index in [1.807, 2.05) is 36.4 Å². The van der Waals surface area contributed by atoms with Gasteiger partial charge in [0.25, 0.3) is 0 Å². The SMILES string of the molecule is N=C(N)c1cccc(Cc2ccccc2)c1Cc1ccccc1. The third-order valence-electron chi connectivity index (χ3n) is 4.02. The van der Waals surface area contributed by atoms with E-state index in [0.29, 0.717) is 0 Å². The zero-order valence-electron chi connectivity index (χ0n) is 13.0. The summed E-state index contributed by atoms with van der Waals surface area (Å²) in [6, 6.07) is 26.8. The lowest BCUT2D eigenvalue weighted by atomic mass is 9.91. The first-order chi connectivity index (χ1) is 11.2. The number of nitrogens with two attached hydrogens (primary N) is 1. The Hall–Kier alpha value is -2.87. The molecule has 0 aliphatic rings. The van der Waals surface area contributed by atoms with Crippen molar-refractivity contribution >= 4 is 5.84 Å². The minimum Gasteiger partial charge on any atom is -0.384 e. The van der Waals surface area contributed by atoms with Crippen LogP contribution in [0, 0.1) is 5.41 Å². The van der Waals surface area contributed by atoms with Gasteiger partial charge in [-0.05, 0) is 35.1 Å². The highest BCUT2D eigenvalue weighted by Gasteiger charge is 2.11. The Kier molecular flexibility index (Phi) is 4.53. The fourth-order valence-electron chi connectivity index (χ4n) is 2.88. The summed E-state index contributed by atoms with van der Waals surface area (Å²) in [5.74, 6) is 0.130. The predicted octanol–water partition coefficient (Wildman–Crippen LogP) is 4.15. The van der Waals surface area contributed by atoms with Crippen LogP contribution in [0.25, 0.3) is 0 Å². The number of nitrogen functional groups attached to an aromatic ring is 1. The van der Waals surface area contributed by atoms with Gasteiger partial charge in [-0.15, -0.1) is 0 Å².